The number of ether oxygens (including phenoxy) is 2. The number of methoxy groups -OCH3 is 2. The van der Waals surface area contributed by atoms with Gasteiger partial charge in [0.2, 0.25) is 10.8 Å². The average Bonchev–Trinajstić information content (AvgIpc) is 3.21. The van der Waals surface area contributed by atoms with E-state index in [0.717, 1.165) is 41.6 Å². The Balaban J connectivity index is 1.81. The van der Waals surface area contributed by atoms with Crippen molar-refractivity contribution in [1.82, 2.24) is 14.6 Å². The largest absolute Gasteiger partial charge is 0.493 e. The lowest BCUT2D eigenvalue weighted by atomic mass is 10.0. The van der Waals surface area contributed by atoms with Crippen molar-refractivity contribution in [2.24, 2.45) is 0 Å². The van der Waals surface area contributed by atoms with E-state index in [4.69, 9.17) is 9.47 Å². The van der Waals surface area contributed by atoms with E-state index in [1.54, 1.807) is 18.7 Å². The molecule has 2 aromatic heterocycles. The normalized spacial score (nSPS) is 21.0. The fraction of sp³-hybridized carbons (Fsp3) is 0.474. The summed E-state index contributed by atoms with van der Waals surface area (Å²) >= 11 is 1.51. The molecule has 4 rings (SSSR count). The monoisotopic (exact) mass is 405 g/mol. The number of rotatable bonds is 5. The Kier molecular flexibility index (Phi) is 5.13. The third-order valence-electron chi connectivity index (χ3n) is 5.46. The zero-order valence-corrected chi connectivity index (χ0v) is 17.5. The number of aromatic hydroxyl groups is 1. The van der Waals surface area contributed by atoms with Gasteiger partial charge in [0.15, 0.2) is 17.5 Å². The van der Waals surface area contributed by atoms with Gasteiger partial charge in [-0.2, -0.15) is 4.52 Å². The number of nitrogens with one attached hydrogen (secondary N) is 2. The highest BCUT2D eigenvalue weighted by atomic mass is 32.1. The van der Waals surface area contributed by atoms with Crippen molar-refractivity contribution >= 4 is 16.3 Å². The maximum atomic E-state index is 10.9. The molecule has 0 unspecified atom stereocenters. The van der Waals surface area contributed by atoms with Crippen LogP contribution in [0.25, 0.3) is 4.96 Å². The number of piperazine rings is 1. The summed E-state index contributed by atoms with van der Waals surface area (Å²) in [5.41, 5.74) is 1.09. The third kappa shape index (κ3) is 3.30. The molecule has 28 heavy (non-hydrogen) atoms. The molecule has 0 aliphatic carbocycles. The molecule has 0 spiro atoms. The molecular formula is C19H27N5O3S+2. The van der Waals surface area contributed by atoms with Crippen LogP contribution in [-0.2, 0) is 0 Å². The molecule has 1 aliphatic heterocycles. The summed E-state index contributed by atoms with van der Waals surface area (Å²) in [5.74, 6) is 2.23. The minimum atomic E-state index is -0.0123. The van der Waals surface area contributed by atoms with E-state index in [1.807, 2.05) is 19.1 Å². The number of aromatic nitrogens is 3. The molecule has 1 fully saturated rings. The minimum absolute atomic E-state index is 0.0123. The van der Waals surface area contributed by atoms with E-state index < -0.39 is 0 Å². The van der Waals surface area contributed by atoms with E-state index in [9.17, 15) is 5.11 Å². The second-order valence-corrected chi connectivity index (χ2v) is 8.32. The van der Waals surface area contributed by atoms with E-state index in [2.05, 4.69) is 23.2 Å². The van der Waals surface area contributed by atoms with E-state index in [1.165, 1.54) is 21.1 Å². The van der Waals surface area contributed by atoms with Gasteiger partial charge < -0.3 is 24.4 Å². The Bertz CT molecular complexity index is 978. The molecule has 1 saturated heterocycles. The second-order valence-electron chi connectivity index (χ2n) is 7.31. The van der Waals surface area contributed by atoms with Crippen molar-refractivity contribution < 1.29 is 24.4 Å². The quantitative estimate of drug-likeness (QED) is 0.525. The standard InChI is InChI=1S/C19H25N5O3S/c1-12-20-19-24(21-12)18(25)17(28-19)16(23-9-7-22(2)8-10-23)13-5-6-14(26-3)15(11-13)27-4/h5-6,11,16,25H,7-10H2,1-4H3/p+2/t16-/m1/s1. The van der Waals surface area contributed by atoms with Crippen LogP contribution in [0, 0.1) is 6.92 Å². The summed E-state index contributed by atoms with van der Waals surface area (Å²) in [4.78, 5) is 9.01. The first kappa shape index (κ1) is 19.0. The predicted molar refractivity (Wildman–Crippen MR) is 106 cm³/mol. The molecule has 0 saturated carbocycles. The molecule has 1 aliphatic rings. The molecule has 3 aromatic rings. The van der Waals surface area contributed by atoms with Gasteiger partial charge in [0.1, 0.15) is 36.9 Å². The van der Waals surface area contributed by atoms with Gasteiger partial charge in [-0.15, -0.1) is 5.10 Å². The van der Waals surface area contributed by atoms with Crippen molar-refractivity contribution in [2.75, 3.05) is 47.4 Å². The van der Waals surface area contributed by atoms with Gasteiger partial charge in [-0.25, -0.2) is 4.98 Å². The average molecular weight is 406 g/mol. The Morgan fingerprint density at radius 2 is 1.86 bits per heavy atom. The molecule has 3 heterocycles. The van der Waals surface area contributed by atoms with Crippen molar-refractivity contribution in [3.05, 3.63) is 34.5 Å². The topological polar surface area (TPSA) is 77.8 Å². The Hall–Kier alpha value is -2.36. The first-order chi connectivity index (χ1) is 13.5. The number of hydrogen-bond donors (Lipinski definition) is 3. The van der Waals surface area contributed by atoms with Crippen LogP contribution in [-0.4, -0.2) is 67.2 Å². The molecule has 8 nitrogen and oxygen atoms in total. The summed E-state index contributed by atoms with van der Waals surface area (Å²) in [6, 6.07) is 5.99. The number of likely N-dealkylation sites (N-methyl/N-ethyl adjacent to an activating group) is 1. The zero-order valence-electron chi connectivity index (χ0n) is 16.7. The van der Waals surface area contributed by atoms with E-state index in [0.29, 0.717) is 17.3 Å². The summed E-state index contributed by atoms with van der Waals surface area (Å²) in [6.07, 6.45) is 0. The zero-order chi connectivity index (χ0) is 19.8. The maximum absolute atomic E-state index is 10.9. The fourth-order valence-corrected chi connectivity index (χ4v) is 5.11. The number of nitrogens with zero attached hydrogens (tertiary/aromatic N) is 3. The number of quaternary nitrogens is 2. The van der Waals surface area contributed by atoms with Crippen molar-refractivity contribution in [1.29, 1.82) is 0 Å². The summed E-state index contributed by atoms with van der Waals surface area (Å²) in [6.45, 7) is 6.08. The SMILES string of the molecule is COc1ccc([C@H](c2sc3nc(C)nn3c2O)[NH+]2CC[NH+](C)CC2)cc1OC. The molecular weight excluding hydrogens is 378 g/mol. The highest BCUT2D eigenvalue weighted by Crippen LogP contribution is 2.37. The molecule has 1 atom stereocenters. The lowest BCUT2D eigenvalue weighted by Gasteiger charge is -2.33. The van der Waals surface area contributed by atoms with E-state index >= 15 is 0 Å². The highest BCUT2D eigenvalue weighted by Gasteiger charge is 2.36. The molecule has 150 valence electrons. The lowest BCUT2D eigenvalue weighted by molar-refractivity contribution is -1.02. The van der Waals surface area contributed by atoms with Gasteiger partial charge >= 0.3 is 0 Å². The first-order valence-electron chi connectivity index (χ1n) is 9.44. The van der Waals surface area contributed by atoms with Crippen molar-refractivity contribution in [3.63, 3.8) is 0 Å². The Morgan fingerprint density at radius 1 is 1.14 bits per heavy atom. The van der Waals surface area contributed by atoms with Crippen LogP contribution >= 0.6 is 11.3 Å². The summed E-state index contributed by atoms with van der Waals surface area (Å²) in [5, 5.41) is 15.3. The molecule has 3 N–H and O–H groups in total. The Labute approximate surface area is 167 Å². The number of hydrogen-bond acceptors (Lipinski definition) is 6. The van der Waals surface area contributed by atoms with Crippen LogP contribution in [0.1, 0.15) is 22.3 Å². The van der Waals surface area contributed by atoms with Gasteiger partial charge in [-0.1, -0.05) is 11.3 Å². The van der Waals surface area contributed by atoms with Gasteiger partial charge in [0, 0.05) is 5.56 Å². The first-order valence-corrected chi connectivity index (χ1v) is 10.3. The molecule has 0 radical (unpaired) electrons. The van der Waals surface area contributed by atoms with Crippen LogP contribution in [0.3, 0.4) is 0 Å². The molecule has 9 heteroatoms. The fourth-order valence-electron chi connectivity index (χ4n) is 3.93. The van der Waals surface area contributed by atoms with Crippen LogP contribution in [0.2, 0.25) is 0 Å². The molecule has 1 aromatic carbocycles. The van der Waals surface area contributed by atoms with Crippen molar-refractivity contribution in [2.45, 2.75) is 13.0 Å². The summed E-state index contributed by atoms with van der Waals surface area (Å²) in [7, 11) is 5.51. The summed E-state index contributed by atoms with van der Waals surface area (Å²) < 4.78 is 12.5. The minimum Gasteiger partial charge on any atom is -0.493 e. The van der Waals surface area contributed by atoms with Crippen LogP contribution in [0.4, 0.5) is 0 Å². The number of aryl methyl sites for hydroxylation is 1. The number of fused-ring (bicyclic) bond motifs is 1. The van der Waals surface area contributed by atoms with Gasteiger partial charge in [-0.05, 0) is 25.1 Å². The van der Waals surface area contributed by atoms with Gasteiger partial charge in [-0.3, -0.25) is 0 Å². The molecule has 0 amide bonds. The smallest absolute Gasteiger partial charge is 0.235 e. The van der Waals surface area contributed by atoms with Crippen LogP contribution < -0.4 is 19.3 Å². The van der Waals surface area contributed by atoms with E-state index in [-0.39, 0.29) is 11.9 Å². The number of thiazole rings is 1. The van der Waals surface area contributed by atoms with Crippen LogP contribution in [0.15, 0.2) is 18.2 Å². The maximum Gasteiger partial charge on any atom is 0.235 e. The lowest BCUT2D eigenvalue weighted by Crippen LogP contribution is -3.27. The van der Waals surface area contributed by atoms with Crippen LogP contribution in [0.5, 0.6) is 17.4 Å². The highest BCUT2D eigenvalue weighted by molar-refractivity contribution is 7.17. The Morgan fingerprint density at radius 3 is 2.50 bits per heavy atom. The number of benzene rings is 1. The van der Waals surface area contributed by atoms with Gasteiger partial charge in [0.05, 0.1) is 21.3 Å². The second kappa shape index (κ2) is 7.57. The molecule has 0 bridgehead atoms. The third-order valence-corrected chi connectivity index (χ3v) is 6.55. The van der Waals surface area contributed by atoms with Crippen molar-refractivity contribution in [3.8, 4) is 17.4 Å². The predicted octanol–water partition coefficient (Wildman–Crippen LogP) is -0.675. The van der Waals surface area contributed by atoms with Gasteiger partial charge in [0.25, 0.3) is 0 Å².